The minimum absolute atomic E-state index is 0.0669. The minimum Gasteiger partial charge on any atom is -0.381 e. The fourth-order valence-electron chi connectivity index (χ4n) is 3.37. The van der Waals surface area contributed by atoms with Crippen molar-refractivity contribution in [1.82, 2.24) is 30.1 Å². The molecule has 0 radical (unpaired) electrons. The lowest BCUT2D eigenvalue weighted by Gasteiger charge is -2.36. The Bertz CT molecular complexity index is 811. The van der Waals surface area contributed by atoms with E-state index in [1.54, 1.807) is 36.8 Å². The average molecular weight is 404 g/mol. The highest BCUT2D eigenvalue weighted by molar-refractivity contribution is 5.93. The molecule has 1 aliphatic heterocycles. The number of carbonyl (C=O) groups is 2. The molecule has 2 aromatic rings. The number of aromatic nitrogens is 3. The molecule has 10 heteroatoms. The monoisotopic (exact) mass is 404 g/mol. The van der Waals surface area contributed by atoms with Crippen molar-refractivity contribution in [3.63, 3.8) is 0 Å². The molecule has 29 heavy (non-hydrogen) atoms. The third kappa shape index (κ3) is 5.14. The molecule has 0 atom stereocenters. The molecular weight excluding hydrogens is 376 g/mol. The van der Waals surface area contributed by atoms with Gasteiger partial charge < -0.3 is 24.4 Å². The normalized spacial score (nSPS) is 14.6. The van der Waals surface area contributed by atoms with Gasteiger partial charge in [0.25, 0.3) is 5.91 Å². The van der Waals surface area contributed by atoms with Gasteiger partial charge in [0.05, 0.1) is 6.54 Å². The third-order valence-corrected chi connectivity index (χ3v) is 4.98. The summed E-state index contributed by atoms with van der Waals surface area (Å²) in [4.78, 5) is 28.6. The first-order valence-corrected chi connectivity index (χ1v) is 9.73. The molecule has 1 N–H and O–H groups in total. The van der Waals surface area contributed by atoms with Gasteiger partial charge in [0.2, 0.25) is 0 Å². The molecule has 2 aromatic heterocycles. The van der Waals surface area contributed by atoms with E-state index in [-0.39, 0.29) is 23.7 Å². The smallest absolute Gasteiger partial charge is 0.319 e. The van der Waals surface area contributed by atoms with Crippen molar-refractivity contribution in [2.24, 2.45) is 0 Å². The fraction of sp³-hybridized carbons (Fsp3) is 0.579. The first kappa shape index (κ1) is 20.8. The van der Waals surface area contributed by atoms with Gasteiger partial charge in [0.1, 0.15) is 5.76 Å². The van der Waals surface area contributed by atoms with Crippen LogP contribution in [0.25, 0.3) is 0 Å². The highest BCUT2D eigenvalue weighted by atomic mass is 16.5. The van der Waals surface area contributed by atoms with Crippen molar-refractivity contribution in [3.05, 3.63) is 35.5 Å². The van der Waals surface area contributed by atoms with E-state index < -0.39 is 0 Å². The zero-order chi connectivity index (χ0) is 20.8. The van der Waals surface area contributed by atoms with Crippen molar-refractivity contribution < 1.29 is 18.8 Å². The van der Waals surface area contributed by atoms with Crippen molar-refractivity contribution in [3.8, 4) is 0 Å². The summed E-state index contributed by atoms with van der Waals surface area (Å²) >= 11 is 0. The van der Waals surface area contributed by atoms with Gasteiger partial charge in [-0.3, -0.25) is 9.48 Å². The predicted octanol–water partition coefficient (Wildman–Crippen LogP) is 1.12. The van der Waals surface area contributed by atoms with Crippen molar-refractivity contribution in [1.29, 1.82) is 0 Å². The first-order valence-electron chi connectivity index (χ1n) is 9.73. The Morgan fingerprint density at radius 2 is 2.07 bits per heavy atom. The second-order valence-corrected chi connectivity index (χ2v) is 7.24. The molecule has 3 amide bonds. The SMILES string of the molecule is Cc1onc(C(=O)NCCN(C(=O)N(C)C)C2CCOCC2)c1Cn1cccn1. The van der Waals surface area contributed by atoms with Gasteiger partial charge in [-0.2, -0.15) is 5.10 Å². The van der Waals surface area contributed by atoms with Crippen LogP contribution in [0.5, 0.6) is 0 Å². The van der Waals surface area contributed by atoms with Crippen LogP contribution in [0.3, 0.4) is 0 Å². The maximum absolute atomic E-state index is 12.7. The maximum Gasteiger partial charge on any atom is 0.319 e. The van der Waals surface area contributed by atoms with E-state index in [4.69, 9.17) is 9.26 Å². The molecule has 3 rings (SSSR count). The molecule has 0 bridgehead atoms. The van der Waals surface area contributed by atoms with Crippen molar-refractivity contribution in [2.75, 3.05) is 40.4 Å². The summed E-state index contributed by atoms with van der Waals surface area (Å²) in [5, 5.41) is 10.9. The van der Waals surface area contributed by atoms with Crippen LogP contribution in [0.4, 0.5) is 4.79 Å². The molecule has 0 aromatic carbocycles. The second kappa shape index (κ2) is 9.55. The summed E-state index contributed by atoms with van der Waals surface area (Å²) in [5.41, 5.74) is 0.936. The van der Waals surface area contributed by atoms with E-state index in [0.717, 1.165) is 12.8 Å². The fourth-order valence-corrected chi connectivity index (χ4v) is 3.37. The van der Waals surface area contributed by atoms with Crippen LogP contribution in [0.15, 0.2) is 23.0 Å². The summed E-state index contributed by atoms with van der Waals surface area (Å²) in [5.74, 6) is 0.255. The highest BCUT2D eigenvalue weighted by Gasteiger charge is 2.27. The van der Waals surface area contributed by atoms with Gasteiger partial charge in [-0.25, -0.2) is 4.79 Å². The Kier molecular flexibility index (Phi) is 6.86. The van der Waals surface area contributed by atoms with E-state index in [2.05, 4.69) is 15.6 Å². The lowest BCUT2D eigenvalue weighted by Crippen LogP contribution is -2.50. The van der Waals surface area contributed by atoms with E-state index in [9.17, 15) is 9.59 Å². The molecule has 1 fully saturated rings. The molecular formula is C19H28N6O4. The molecule has 1 saturated heterocycles. The van der Waals surface area contributed by atoms with Crippen LogP contribution in [-0.4, -0.2) is 83.1 Å². The van der Waals surface area contributed by atoms with Crippen LogP contribution in [0.2, 0.25) is 0 Å². The third-order valence-electron chi connectivity index (χ3n) is 4.98. The highest BCUT2D eigenvalue weighted by Crippen LogP contribution is 2.16. The molecule has 158 valence electrons. The predicted molar refractivity (Wildman–Crippen MR) is 105 cm³/mol. The van der Waals surface area contributed by atoms with E-state index in [1.807, 2.05) is 17.2 Å². The second-order valence-electron chi connectivity index (χ2n) is 7.24. The number of nitrogens with zero attached hydrogens (tertiary/aromatic N) is 5. The molecule has 0 spiro atoms. The van der Waals surface area contributed by atoms with Gasteiger partial charge in [-0.05, 0) is 25.8 Å². The number of carbonyl (C=O) groups excluding carboxylic acids is 2. The Balaban J connectivity index is 1.61. The zero-order valence-corrected chi connectivity index (χ0v) is 17.1. The number of nitrogens with one attached hydrogen (secondary N) is 1. The van der Waals surface area contributed by atoms with E-state index in [0.29, 0.717) is 44.2 Å². The van der Waals surface area contributed by atoms with E-state index in [1.165, 1.54) is 0 Å². The number of amides is 3. The van der Waals surface area contributed by atoms with Crippen LogP contribution < -0.4 is 5.32 Å². The van der Waals surface area contributed by atoms with E-state index >= 15 is 0 Å². The number of hydrogen-bond donors (Lipinski definition) is 1. The van der Waals surface area contributed by atoms with Crippen LogP contribution in [-0.2, 0) is 11.3 Å². The Morgan fingerprint density at radius 3 is 2.72 bits per heavy atom. The van der Waals surface area contributed by atoms with Crippen molar-refractivity contribution >= 4 is 11.9 Å². The lowest BCUT2D eigenvalue weighted by atomic mass is 10.1. The minimum atomic E-state index is -0.326. The summed E-state index contributed by atoms with van der Waals surface area (Å²) in [6.07, 6.45) is 5.08. The maximum atomic E-state index is 12.7. The molecule has 3 heterocycles. The van der Waals surface area contributed by atoms with Crippen molar-refractivity contribution in [2.45, 2.75) is 32.4 Å². The molecule has 0 aliphatic carbocycles. The van der Waals surface area contributed by atoms with Gasteiger partial charge in [-0.15, -0.1) is 0 Å². The Labute approximate surface area is 169 Å². The van der Waals surface area contributed by atoms with Gasteiger partial charge in [-0.1, -0.05) is 5.16 Å². The largest absolute Gasteiger partial charge is 0.381 e. The number of rotatable bonds is 7. The number of hydrogen-bond acceptors (Lipinski definition) is 6. The van der Waals surface area contributed by atoms with Gasteiger partial charge >= 0.3 is 6.03 Å². The summed E-state index contributed by atoms with van der Waals surface area (Å²) in [7, 11) is 3.46. The molecule has 0 unspecified atom stereocenters. The summed E-state index contributed by atoms with van der Waals surface area (Å²) in [6.45, 7) is 4.19. The number of aryl methyl sites for hydroxylation is 1. The summed E-state index contributed by atoms with van der Waals surface area (Å²) in [6, 6.07) is 1.86. The Hall–Kier alpha value is -2.88. The van der Waals surface area contributed by atoms with Crippen LogP contribution in [0, 0.1) is 6.92 Å². The number of urea groups is 1. The molecule has 10 nitrogen and oxygen atoms in total. The van der Waals surface area contributed by atoms with Crippen LogP contribution in [0.1, 0.15) is 34.7 Å². The zero-order valence-electron chi connectivity index (χ0n) is 17.1. The lowest BCUT2D eigenvalue weighted by molar-refractivity contribution is 0.0415. The van der Waals surface area contributed by atoms with Gasteiger partial charge in [0, 0.05) is 64.4 Å². The Morgan fingerprint density at radius 1 is 1.31 bits per heavy atom. The van der Waals surface area contributed by atoms with Crippen LogP contribution >= 0.6 is 0 Å². The number of ether oxygens (including phenoxy) is 1. The topological polar surface area (TPSA) is 106 Å². The van der Waals surface area contributed by atoms with Gasteiger partial charge in [0.15, 0.2) is 5.69 Å². The first-order chi connectivity index (χ1) is 14.0. The molecule has 1 aliphatic rings. The quantitative estimate of drug-likeness (QED) is 0.741. The molecule has 0 saturated carbocycles. The summed E-state index contributed by atoms with van der Waals surface area (Å²) < 4.78 is 12.3. The standard InChI is InChI=1S/C19H28N6O4/c1-14-16(13-24-9-4-7-21-24)17(22-29-14)18(26)20-8-10-25(19(27)23(2)3)15-5-11-28-12-6-15/h4,7,9,15H,5-6,8,10-13H2,1-3H3,(H,20,26). The average Bonchev–Trinajstić information content (AvgIpc) is 3.36.